The number of anilines is 1. The fourth-order valence-corrected chi connectivity index (χ4v) is 3.17. The molecule has 3 heteroatoms. The van der Waals surface area contributed by atoms with Crippen molar-refractivity contribution >= 4 is 11.6 Å². The molecule has 3 nitrogen and oxygen atoms in total. The zero-order valence-electron chi connectivity index (χ0n) is 13.7. The molecule has 3 unspecified atom stereocenters. The Balaban J connectivity index is 2.00. The van der Waals surface area contributed by atoms with Crippen molar-refractivity contribution in [2.24, 2.45) is 11.8 Å². The van der Waals surface area contributed by atoms with E-state index in [1.54, 1.807) is 0 Å². The van der Waals surface area contributed by atoms with Crippen LogP contribution in [0.3, 0.4) is 0 Å². The van der Waals surface area contributed by atoms with Gasteiger partial charge in [0.1, 0.15) is 0 Å². The molecule has 116 valence electrons. The third kappa shape index (κ3) is 3.99. The van der Waals surface area contributed by atoms with Crippen LogP contribution >= 0.6 is 0 Å². The molecule has 0 radical (unpaired) electrons. The van der Waals surface area contributed by atoms with Gasteiger partial charge in [-0.25, -0.2) is 0 Å². The molecule has 1 amide bonds. The average Bonchev–Trinajstić information content (AvgIpc) is 2.43. The molecule has 0 saturated heterocycles. The Hall–Kier alpha value is -1.51. The van der Waals surface area contributed by atoms with E-state index in [2.05, 4.69) is 31.4 Å². The molecule has 0 spiro atoms. The van der Waals surface area contributed by atoms with E-state index < -0.39 is 0 Å². The van der Waals surface area contributed by atoms with Crippen molar-refractivity contribution in [1.82, 2.24) is 5.32 Å². The Bertz CT molecular complexity index is 498. The van der Waals surface area contributed by atoms with Crippen LogP contribution in [-0.4, -0.2) is 18.5 Å². The van der Waals surface area contributed by atoms with Crippen LogP contribution in [0.1, 0.15) is 56.0 Å². The maximum atomic E-state index is 12.5. The van der Waals surface area contributed by atoms with Gasteiger partial charge in [0.15, 0.2) is 0 Å². The van der Waals surface area contributed by atoms with Crippen LogP contribution in [0.2, 0.25) is 0 Å². The number of benzene rings is 1. The van der Waals surface area contributed by atoms with Crippen molar-refractivity contribution in [3.63, 3.8) is 0 Å². The third-order valence-electron chi connectivity index (χ3n) is 4.79. The van der Waals surface area contributed by atoms with Gasteiger partial charge in [-0.3, -0.25) is 4.79 Å². The highest BCUT2D eigenvalue weighted by molar-refractivity contribution is 5.96. The summed E-state index contributed by atoms with van der Waals surface area (Å²) in [5, 5.41) is 6.49. The topological polar surface area (TPSA) is 41.1 Å². The highest BCUT2D eigenvalue weighted by Crippen LogP contribution is 2.29. The van der Waals surface area contributed by atoms with Gasteiger partial charge in [-0.1, -0.05) is 13.8 Å². The summed E-state index contributed by atoms with van der Waals surface area (Å²) in [4.78, 5) is 12.5. The summed E-state index contributed by atoms with van der Waals surface area (Å²) < 4.78 is 0. The number of carbonyl (C=O) groups excluding carboxylic acids is 1. The number of aryl methyl sites for hydroxylation is 1. The van der Waals surface area contributed by atoms with Crippen molar-refractivity contribution < 1.29 is 4.79 Å². The minimum Gasteiger partial charge on any atom is -0.385 e. The van der Waals surface area contributed by atoms with Crippen LogP contribution in [-0.2, 0) is 0 Å². The Labute approximate surface area is 128 Å². The summed E-state index contributed by atoms with van der Waals surface area (Å²) in [5.41, 5.74) is 2.90. The SMILES string of the molecule is CCNc1ccc(C(=O)NC2CCC(C)C(C)C2)c(C)c1. The molecule has 1 saturated carbocycles. The van der Waals surface area contributed by atoms with Crippen LogP contribution in [0.4, 0.5) is 5.69 Å². The van der Waals surface area contributed by atoms with Crippen molar-refractivity contribution in [1.29, 1.82) is 0 Å². The minimum absolute atomic E-state index is 0.0716. The Kier molecular flexibility index (Phi) is 5.27. The summed E-state index contributed by atoms with van der Waals surface area (Å²) in [6.07, 6.45) is 3.41. The van der Waals surface area contributed by atoms with Crippen LogP contribution < -0.4 is 10.6 Å². The molecular formula is C18H28N2O. The lowest BCUT2D eigenvalue weighted by Crippen LogP contribution is -2.40. The van der Waals surface area contributed by atoms with Crippen LogP contribution in [0.5, 0.6) is 0 Å². The van der Waals surface area contributed by atoms with Crippen LogP contribution in [0.15, 0.2) is 18.2 Å². The van der Waals surface area contributed by atoms with Crippen molar-refractivity contribution in [2.75, 3.05) is 11.9 Å². The summed E-state index contributed by atoms with van der Waals surface area (Å²) >= 11 is 0. The molecule has 0 bridgehead atoms. The third-order valence-corrected chi connectivity index (χ3v) is 4.79. The van der Waals surface area contributed by atoms with Crippen molar-refractivity contribution in [3.05, 3.63) is 29.3 Å². The zero-order chi connectivity index (χ0) is 15.4. The molecule has 1 aliphatic rings. The zero-order valence-corrected chi connectivity index (χ0v) is 13.7. The van der Waals surface area contributed by atoms with Gasteiger partial charge in [-0.05, 0) is 68.7 Å². The van der Waals surface area contributed by atoms with Gasteiger partial charge < -0.3 is 10.6 Å². The van der Waals surface area contributed by atoms with Crippen molar-refractivity contribution in [3.8, 4) is 0 Å². The van der Waals surface area contributed by atoms with E-state index in [9.17, 15) is 4.79 Å². The van der Waals surface area contributed by atoms with Gasteiger partial charge in [0, 0.05) is 23.8 Å². The second-order valence-corrected chi connectivity index (χ2v) is 6.50. The summed E-state index contributed by atoms with van der Waals surface area (Å²) in [5.74, 6) is 1.54. The van der Waals surface area contributed by atoms with Crippen molar-refractivity contribution in [2.45, 2.75) is 53.0 Å². The first kappa shape index (κ1) is 15.9. The first-order chi connectivity index (χ1) is 10.0. The fourth-order valence-electron chi connectivity index (χ4n) is 3.17. The Morgan fingerprint density at radius 3 is 2.62 bits per heavy atom. The van der Waals surface area contributed by atoms with Gasteiger partial charge in [0.2, 0.25) is 0 Å². The normalized spacial score (nSPS) is 25.4. The highest BCUT2D eigenvalue weighted by atomic mass is 16.1. The maximum Gasteiger partial charge on any atom is 0.251 e. The average molecular weight is 288 g/mol. The minimum atomic E-state index is 0.0716. The lowest BCUT2D eigenvalue weighted by molar-refractivity contribution is 0.0910. The largest absolute Gasteiger partial charge is 0.385 e. The predicted octanol–water partition coefficient (Wildman–Crippen LogP) is 3.98. The quantitative estimate of drug-likeness (QED) is 0.880. The molecule has 0 heterocycles. The lowest BCUT2D eigenvalue weighted by atomic mass is 9.79. The molecule has 1 aromatic rings. The van der Waals surface area contributed by atoms with E-state index in [1.807, 2.05) is 25.1 Å². The Morgan fingerprint density at radius 1 is 1.24 bits per heavy atom. The molecule has 1 aliphatic carbocycles. The molecule has 0 aromatic heterocycles. The number of hydrogen-bond donors (Lipinski definition) is 2. The summed E-state index contributed by atoms with van der Waals surface area (Å²) in [6.45, 7) is 9.57. The van der Waals surface area contributed by atoms with Gasteiger partial charge in [-0.15, -0.1) is 0 Å². The van der Waals surface area contributed by atoms with E-state index in [4.69, 9.17) is 0 Å². The molecule has 1 aromatic carbocycles. The van der Waals surface area contributed by atoms with E-state index >= 15 is 0 Å². The van der Waals surface area contributed by atoms with Crippen LogP contribution in [0, 0.1) is 18.8 Å². The number of carbonyl (C=O) groups is 1. The van der Waals surface area contributed by atoms with E-state index in [1.165, 1.54) is 6.42 Å². The number of rotatable bonds is 4. The standard InChI is InChI=1S/C18H28N2O/c1-5-19-15-8-9-17(14(4)11-15)18(21)20-16-7-6-12(2)13(3)10-16/h8-9,11-13,16,19H,5-7,10H2,1-4H3,(H,20,21). The van der Waals surface area contributed by atoms with Crippen LogP contribution in [0.25, 0.3) is 0 Å². The molecule has 2 N–H and O–H groups in total. The summed E-state index contributed by atoms with van der Waals surface area (Å²) in [6, 6.07) is 6.29. The van der Waals surface area contributed by atoms with Gasteiger partial charge >= 0.3 is 0 Å². The molecule has 3 atom stereocenters. The second-order valence-electron chi connectivity index (χ2n) is 6.50. The van der Waals surface area contributed by atoms with E-state index in [0.29, 0.717) is 12.0 Å². The Morgan fingerprint density at radius 2 is 2.00 bits per heavy atom. The highest BCUT2D eigenvalue weighted by Gasteiger charge is 2.26. The van der Waals surface area contributed by atoms with Gasteiger partial charge in [0.25, 0.3) is 5.91 Å². The molecule has 21 heavy (non-hydrogen) atoms. The predicted molar refractivity (Wildman–Crippen MR) is 88.8 cm³/mol. The van der Waals surface area contributed by atoms with E-state index in [-0.39, 0.29) is 5.91 Å². The first-order valence-corrected chi connectivity index (χ1v) is 8.16. The molecule has 1 fully saturated rings. The second kappa shape index (κ2) is 6.97. The van der Waals surface area contributed by atoms with Gasteiger partial charge in [-0.2, -0.15) is 0 Å². The fraction of sp³-hybridized carbons (Fsp3) is 0.611. The number of nitrogens with one attached hydrogen (secondary N) is 2. The first-order valence-electron chi connectivity index (χ1n) is 8.16. The number of hydrogen-bond acceptors (Lipinski definition) is 2. The molecule has 2 rings (SSSR count). The lowest BCUT2D eigenvalue weighted by Gasteiger charge is -2.32. The number of amides is 1. The monoisotopic (exact) mass is 288 g/mol. The smallest absolute Gasteiger partial charge is 0.251 e. The summed E-state index contributed by atoms with van der Waals surface area (Å²) in [7, 11) is 0. The maximum absolute atomic E-state index is 12.5. The van der Waals surface area contributed by atoms with Gasteiger partial charge in [0.05, 0.1) is 0 Å². The van der Waals surface area contributed by atoms with E-state index in [0.717, 1.165) is 42.1 Å². The molecular weight excluding hydrogens is 260 g/mol. The molecule has 0 aliphatic heterocycles.